The number of rotatable bonds is 1. The van der Waals surface area contributed by atoms with Crippen molar-refractivity contribution >= 4 is 17.2 Å². The second kappa shape index (κ2) is 3.93. The van der Waals surface area contributed by atoms with E-state index in [4.69, 9.17) is 11.6 Å². The van der Waals surface area contributed by atoms with Gasteiger partial charge in [0.2, 0.25) is 0 Å². The van der Waals surface area contributed by atoms with Crippen molar-refractivity contribution in [2.75, 3.05) is 0 Å². The van der Waals surface area contributed by atoms with E-state index in [9.17, 15) is 0 Å². The van der Waals surface area contributed by atoms with Crippen LogP contribution in [0.2, 0.25) is 0 Å². The van der Waals surface area contributed by atoms with Crippen LogP contribution < -0.4 is 0 Å². The van der Waals surface area contributed by atoms with Gasteiger partial charge in [0, 0.05) is 12.4 Å². The van der Waals surface area contributed by atoms with E-state index in [0.717, 1.165) is 12.8 Å². The van der Waals surface area contributed by atoms with Gasteiger partial charge in [-0.1, -0.05) is 12.1 Å². The molecule has 0 fully saturated rings. The maximum absolute atomic E-state index is 6.06. The zero-order valence-electron chi connectivity index (χ0n) is 7.41. The number of alkyl halides is 1. The van der Waals surface area contributed by atoms with E-state index in [0.29, 0.717) is 0 Å². The Morgan fingerprint density at radius 2 is 2.38 bits per heavy atom. The summed E-state index contributed by atoms with van der Waals surface area (Å²) in [5.41, 5.74) is 2.56. The van der Waals surface area contributed by atoms with Crippen LogP contribution in [0.5, 0.6) is 0 Å². The van der Waals surface area contributed by atoms with Gasteiger partial charge < -0.3 is 0 Å². The molecule has 1 atom stereocenters. The Kier molecular flexibility index (Phi) is 2.65. The van der Waals surface area contributed by atoms with Gasteiger partial charge in [-0.05, 0) is 36.5 Å². The zero-order valence-corrected chi connectivity index (χ0v) is 8.17. The average Bonchev–Trinajstić information content (AvgIpc) is 2.19. The minimum atomic E-state index is 0.212. The lowest BCUT2D eigenvalue weighted by atomic mass is 9.94. The van der Waals surface area contributed by atoms with Crippen molar-refractivity contribution in [3.63, 3.8) is 0 Å². The molecule has 0 bridgehead atoms. The molecule has 0 N–H and O–H groups in total. The zero-order chi connectivity index (χ0) is 9.10. The average molecular weight is 194 g/mol. The number of aromatic nitrogens is 1. The molecule has 1 aliphatic rings. The van der Waals surface area contributed by atoms with Crippen molar-refractivity contribution < 1.29 is 0 Å². The molecule has 1 aliphatic carbocycles. The Morgan fingerprint density at radius 3 is 3.08 bits per heavy atom. The van der Waals surface area contributed by atoms with Gasteiger partial charge in [-0.2, -0.15) is 0 Å². The van der Waals surface area contributed by atoms with Crippen molar-refractivity contribution in [1.29, 1.82) is 0 Å². The van der Waals surface area contributed by atoms with E-state index >= 15 is 0 Å². The molecule has 1 aromatic heterocycles. The molecular formula is C11H12ClN. The number of hydrogen-bond donors (Lipinski definition) is 0. The van der Waals surface area contributed by atoms with Gasteiger partial charge in [0.15, 0.2) is 0 Å². The number of halogens is 1. The second-order valence-corrected chi connectivity index (χ2v) is 3.90. The number of hydrogen-bond acceptors (Lipinski definition) is 1. The summed E-state index contributed by atoms with van der Waals surface area (Å²) >= 11 is 6.06. The summed E-state index contributed by atoms with van der Waals surface area (Å²) in [5.74, 6) is 0. The van der Waals surface area contributed by atoms with Gasteiger partial charge in [0.25, 0.3) is 0 Å². The predicted molar refractivity (Wildman–Crippen MR) is 55.7 cm³/mol. The third kappa shape index (κ3) is 2.10. The molecule has 2 heteroatoms. The van der Waals surface area contributed by atoms with Crippen LogP contribution in [0, 0.1) is 0 Å². The summed E-state index contributed by atoms with van der Waals surface area (Å²) in [5, 5.41) is 0.212. The smallest absolute Gasteiger partial charge is 0.0522 e. The molecule has 0 saturated carbocycles. The first-order valence-electron chi connectivity index (χ1n) is 4.61. The molecule has 1 heterocycles. The monoisotopic (exact) mass is 193 g/mol. The summed E-state index contributed by atoms with van der Waals surface area (Å²) in [7, 11) is 0. The normalized spacial score (nSPS) is 22.5. The molecule has 0 aromatic carbocycles. The minimum Gasteiger partial charge on any atom is -0.264 e. The van der Waals surface area contributed by atoms with Crippen LogP contribution in [0.15, 0.2) is 30.6 Å². The third-order valence-electron chi connectivity index (χ3n) is 2.34. The lowest BCUT2D eigenvalue weighted by molar-refractivity contribution is 0.747. The third-order valence-corrected chi connectivity index (χ3v) is 2.68. The van der Waals surface area contributed by atoms with E-state index in [1.807, 2.05) is 12.3 Å². The SMILES string of the molecule is ClC1C=C(c2cccnc2)CCC1. The largest absolute Gasteiger partial charge is 0.264 e. The number of pyridine rings is 1. The van der Waals surface area contributed by atoms with Crippen molar-refractivity contribution in [2.24, 2.45) is 0 Å². The lowest BCUT2D eigenvalue weighted by Gasteiger charge is -2.16. The fraction of sp³-hybridized carbons (Fsp3) is 0.364. The van der Waals surface area contributed by atoms with Crippen LogP contribution in [-0.2, 0) is 0 Å². The minimum absolute atomic E-state index is 0.212. The van der Waals surface area contributed by atoms with E-state index in [2.05, 4.69) is 17.1 Å². The fourth-order valence-electron chi connectivity index (χ4n) is 1.67. The highest BCUT2D eigenvalue weighted by Crippen LogP contribution is 2.28. The summed E-state index contributed by atoms with van der Waals surface area (Å²) in [6, 6.07) is 4.06. The Labute approximate surface area is 83.4 Å². The summed E-state index contributed by atoms with van der Waals surface area (Å²) in [4.78, 5) is 4.10. The van der Waals surface area contributed by atoms with Gasteiger partial charge >= 0.3 is 0 Å². The van der Waals surface area contributed by atoms with Crippen LogP contribution in [0.25, 0.3) is 5.57 Å². The van der Waals surface area contributed by atoms with E-state index in [1.54, 1.807) is 6.20 Å². The molecule has 0 amide bonds. The molecule has 0 spiro atoms. The first-order chi connectivity index (χ1) is 6.36. The summed E-state index contributed by atoms with van der Waals surface area (Å²) in [6.45, 7) is 0. The van der Waals surface area contributed by atoms with Crippen LogP contribution in [0.1, 0.15) is 24.8 Å². The number of allylic oxidation sites excluding steroid dienone is 2. The quantitative estimate of drug-likeness (QED) is 0.624. The van der Waals surface area contributed by atoms with Gasteiger partial charge in [-0.25, -0.2) is 0 Å². The topological polar surface area (TPSA) is 12.9 Å². The molecule has 2 rings (SSSR count). The maximum atomic E-state index is 6.06. The number of nitrogens with zero attached hydrogens (tertiary/aromatic N) is 1. The Morgan fingerprint density at radius 1 is 1.46 bits per heavy atom. The Hall–Kier alpha value is -0.820. The Balaban J connectivity index is 2.26. The molecule has 0 aliphatic heterocycles. The molecule has 13 heavy (non-hydrogen) atoms. The molecule has 1 nitrogen and oxygen atoms in total. The highest BCUT2D eigenvalue weighted by molar-refractivity contribution is 6.22. The van der Waals surface area contributed by atoms with Crippen molar-refractivity contribution in [3.05, 3.63) is 36.2 Å². The van der Waals surface area contributed by atoms with E-state index < -0.39 is 0 Å². The van der Waals surface area contributed by atoms with Crippen molar-refractivity contribution in [3.8, 4) is 0 Å². The molecule has 68 valence electrons. The maximum Gasteiger partial charge on any atom is 0.0522 e. The highest BCUT2D eigenvalue weighted by Gasteiger charge is 2.11. The molecule has 1 unspecified atom stereocenters. The predicted octanol–water partition coefficient (Wildman–Crippen LogP) is 3.26. The molecular weight excluding hydrogens is 182 g/mol. The second-order valence-electron chi connectivity index (χ2n) is 3.34. The van der Waals surface area contributed by atoms with Gasteiger partial charge in [0.05, 0.1) is 5.38 Å². The van der Waals surface area contributed by atoms with Crippen LogP contribution in [0.4, 0.5) is 0 Å². The standard InChI is InChI=1S/C11H12ClN/c12-11-5-1-3-9(7-11)10-4-2-6-13-8-10/h2,4,6-8,11H,1,3,5H2. The van der Waals surface area contributed by atoms with Crippen LogP contribution >= 0.6 is 11.6 Å². The molecule has 0 saturated heterocycles. The summed E-state index contributed by atoms with van der Waals surface area (Å²) < 4.78 is 0. The summed E-state index contributed by atoms with van der Waals surface area (Å²) in [6.07, 6.45) is 9.28. The van der Waals surface area contributed by atoms with Crippen molar-refractivity contribution in [2.45, 2.75) is 24.6 Å². The lowest BCUT2D eigenvalue weighted by Crippen LogP contribution is -2.02. The first kappa shape index (κ1) is 8.76. The highest BCUT2D eigenvalue weighted by atomic mass is 35.5. The van der Waals surface area contributed by atoms with Crippen LogP contribution in [-0.4, -0.2) is 10.4 Å². The molecule has 0 radical (unpaired) electrons. The fourth-order valence-corrected chi connectivity index (χ4v) is 1.97. The van der Waals surface area contributed by atoms with Crippen LogP contribution in [0.3, 0.4) is 0 Å². The Bertz CT molecular complexity index is 305. The van der Waals surface area contributed by atoms with Gasteiger partial charge in [0.1, 0.15) is 0 Å². The van der Waals surface area contributed by atoms with Crippen molar-refractivity contribution in [1.82, 2.24) is 4.98 Å². The first-order valence-corrected chi connectivity index (χ1v) is 5.05. The van der Waals surface area contributed by atoms with E-state index in [-0.39, 0.29) is 5.38 Å². The molecule has 1 aromatic rings. The van der Waals surface area contributed by atoms with Gasteiger partial charge in [-0.3, -0.25) is 4.98 Å². The van der Waals surface area contributed by atoms with Gasteiger partial charge in [-0.15, -0.1) is 11.6 Å². The van der Waals surface area contributed by atoms with E-state index in [1.165, 1.54) is 17.6 Å².